The topological polar surface area (TPSA) is 79.5 Å². The van der Waals surface area contributed by atoms with Gasteiger partial charge in [-0.2, -0.15) is 0 Å². The van der Waals surface area contributed by atoms with Crippen LogP contribution in [0.15, 0.2) is 41.0 Å². The Balaban J connectivity index is 1.53. The van der Waals surface area contributed by atoms with Gasteiger partial charge in [0, 0.05) is 18.4 Å². The molecule has 2 aromatic rings. The molecule has 5 nitrogen and oxygen atoms in total. The number of benzene rings is 1. The van der Waals surface area contributed by atoms with Crippen molar-refractivity contribution >= 4 is 11.9 Å². The summed E-state index contributed by atoms with van der Waals surface area (Å²) in [6.45, 7) is 0. The van der Waals surface area contributed by atoms with Gasteiger partial charge in [0.1, 0.15) is 5.76 Å². The summed E-state index contributed by atoms with van der Waals surface area (Å²) in [6, 6.07) is 8.61. The fraction of sp³-hybridized carbons (Fsp3) is 0.333. The lowest BCUT2D eigenvalue weighted by molar-refractivity contribution is -0.121. The van der Waals surface area contributed by atoms with Crippen LogP contribution in [0, 0.1) is 0 Å². The van der Waals surface area contributed by atoms with Crippen LogP contribution in [0.2, 0.25) is 0 Å². The minimum atomic E-state index is -0.942. The van der Waals surface area contributed by atoms with Crippen LogP contribution >= 0.6 is 0 Å². The van der Waals surface area contributed by atoms with Gasteiger partial charge in [-0.25, -0.2) is 4.79 Å². The molecule has 1 heterocycles. The van der Waals surface area contributed by atoms with Crippen molar-refractivity contribution in [1.29, 1.82) is 0 Å². The maximum atomic E-state index is 12.2. The Labute approximate surface area is 134 Å². The molecule has 120 valence electrons. The second-order valence-electron chi connectivity index (χ2n) is 5.81. The molecule has 0 bridgehead atoms. The smallest absolute Gasteiger partial charge is 0.335 e. The zero-order valence-electron chi connectivity index (χ0n) is 12.7. The van der Waals surface area contributed by atoms with Crippen molar-refractivity contribution in [2.24, 2.45) is 0 Å². The number of aryl methyl sites for hydroxylation is 2. The molecule has 0 saturated heterocycles. The highest BCUT2D eigenvalue weighted by atomic mass is 16.4. The number of aromatic carboxylic acids is 1. The Morgan fingerprint density at radius 1 is 1.22 bits per heavy atom. The van der Waals surface area contributed by atoms with E-state index < -0.39 is 5.97 Å². The predicted octanol–water partition coefficient (Wildman–Crippen LogP) is 3.10. The maximum Gasteiger partial charge on any atom is 0.335 e. The van der Waals surface area contributed by atoms with E-state index in [9.17, 15) is 9.59 Å². The van der Waals surface area contributed by atoms with Crippen LogP contribution in [0.4, 0.5) is 0 Å². The molecular weight excluding hydrogens is 294 g/mol. The highest BCUT2D eigenvalue weighted by Gasteiger charge is 2.23. The van der Waals surface area contributed by atoms with Crippen LogP contribution in [0.3, 0.4) is 0 Å². The third-order valence-corrected chi connectivity index (χ3v) is 4.23. The molecule has 0 aliphatic heterocycles. The average molecular weight is 313 g/mol. The average Bonchev–Trinajstić information content (AvgIpc) is 3.03. The van der Waals surface area contributed by atoms with E-state index in [1.807, 2.05) is 6.07 Å². The largest absolute Gasteiger partial charge is 0.478 e. The number of furan rings is 1. The molecule has 0 unspecified atom stereocenters. The molecule has 3 rings (SSSR count). The van der Waals surface area contributed by atoms with Crippen molar-refractivity contribution in [3.05, 3.63) is 59.0 Å². The minimum Gasteiger partial charge on any atom is -0.478 e. The fourth-order valence-corrected chi connectivity index (χ4v) is 2.97. The fourth-order valence-electron chi connectivity index (χ4n) is 2.97. The highest BCUT2D eigenvalue weighted by Crippen LogP contribution is 2.30. The number of amides is 1. The van der Waals surface area contributed by atoms with Crippen LogP contribution in [0.5, 0.6) is 0 Å². The van der Waals surface area contributed by atoms with Gasteiger partial charge in [0.15, 0.2) is 0 Å². The van der Waals surface area contributed by atoms with E-state index in [-0.39, 0.29) is 17.5 Å². The summed E-state index contributed by atoms with van der Waals surface area (Å²) in [4.78, 5) is 23.0. The third-order valence-electron chi connectivity index (χ3n) is 4.23. The van der Waals surface area contributed by atoms with Gasteiger partial charge in [0.25, 0.3) is 0 Å². The maximum absolute atomic E-state index is 12.2. The summed E-state index contributed by atoms with van der Waals surface area (Å²) >= 11 is 0. The van der Waals surface area contributed by atoms with Gasteiger partial charge < -0.3 is 14.8 Å². The minimum absolute atomic E-state index is 0.00589. The van der Waals surface area contributed by atoms with E-state index in [4.69, 9.17) is 9.52 Å². The van der Waals surface area contributed by atoms with Gasteiger partial charge in [-0.1, -0.05) is 12.1 Å². The van der Waals surface area contributed by atoms with Crippen LogP contribution in [-0.2, 0) is 17.6 Å². The van der Waals surface area contributed by atoms with E-state index >= 15 is 0 Å². The first-order valence-electron chi connectivity index (χ1n) is 7.81. The molecule has 0 saturated carbocycles. The Kier molecular flexibility index (Phi) is 4.46. The van der Waals surface area contributed by atoms with Crippen LogP contribution in [0.1, 0.15) is 52.5 Å². The number of hydrogen-bond acceptors (Lipinski definition) is 3. The lowest BCUT2D eigenvalue weighted by Crippen LogP contribution is -2.30. The van der Waals surface area contributed by atoms with Crippen molar-refractivity contribution in [3.63, 3.8) is 0 Å². The molecule has 1 atom stereocenters. The zero-order chi connectivity index (χ0) is 16.2. The molecule has 0 fully saturated rings. The number of hydrogen-bond donors (Lipinski definition) is 2. The first kappa shape index (κ1) is 15.3. The Morgan fingerprint density at radius 3 is 2.74 bits per heavy atom. The van der Waals surface area contributed by atoms with Gasteiger partial charge in [-0.15, -0.1) is 0 Å². The SMILES string of the molecule is O=C(CCc1ccc(C(=O)O)cc1)N[C@H]1CCCc2occc21. The molecule has 23 heavy (non-hydrogen) atoms. The first-order chi connectivity index (χ1) is 11.1. The predicted molar refractivity (Wildman–Crippen MR) is 84.3 cm³/mol. The van der Waals surface area contributed by atoms with Crippen molar-refractivity contribution in [2.75, 3.05) is 0 Å². The molecular formula is C18H19NO4. The molecule has 1 aromatic heterocycles. The molecule has 0 spiro atoms. The van der Waals surface area contributed by atoms with E-state index in [2.05, 4.69) is 5.32 Å². The summed E-state index contributed by atoms with van der Waals surface area (Å²) in [6.07, 6.45) is 5.55. The first-order valence-corrected chi connectivity index (χ1v) is 7.81. The van der Waals surface area contributed by atoms with Crippen molar-refractivity contribution in [1.82, 2.24) is 5.32 Å². The second kappa shape index (κ2) is 6.69. The lowest BCUT2D eigenvalue weighted by Gasteiger charge is -2.22. The third kappa shape index (κ3) is 3.62. The number of fused-ring (bicyclic) bond motifs is 1. The van der Waals surface area contributed by atoms with Crippen molar-refractivity contribution in [2.45, 2.75) is 38.1 Å². The number of rotatable bonds is 5. The number of carbonyl (C=O) groups excluding carboxylic acids is 1. The van der Waals surface area contributed by atoms with Crippen LogP contribution in [-0.4, -0.2) is 17.0 Å². The van der Waals surface area contributed by atoms with Gasteiger partial charge in [0.05, 0.1) is 17.9 Å². The van der Waals surface area contributed by atoms with E-state index in [0.717, 1.165) is 36.1 Å². The standard InChI is InChI=1S/C18H19NO4/c20-17(9-6-12-4-7-13(8-5-12)18(21)22)19-15-2-1-3-16-14(15)10-11-23-16/h4-5,7-8,10-11,15H,1-3,6,9H2,(H,19,20)(H,21,22)/t15-/m0/s1. The number of carboxylic acids is 1. The second-order valence-corrected chi connectivity index (χ2v) is 5.81. The number of carboxylic acid groups (broad SMARTS) is 1. The Bertz CT molecular complexity index is 702. The Hall–Kier alpha value is -2.56. The quantitative estimate of drug-likeness (QED) is 0.889. The summed E-state index contributed by atoms with van der Waals surface area (Å²) in [5.74, 6) is 0.0414. The van der Waals surface area contributed by atoms with Crippen LogP contribution in [0.25, 0.3) is 0 Å². The molecule has 5 heteroatoms. The zero-order valence-corrected chi connectivity index (χ0v) is 12.7. The van der Waals surface area contributed by atoms with Gasteiger partial charge >= 0.3 is 5.97 Å². The molecule has 1 aliphatic carbocycles. The van der Waals surface area contributed by atoms with E-state index in [1.165, 1.54) is 0 Å². The molecule has 1 aromatic carbocycles. The summed E-state index contributed by atoms with van der Waals surface area (Å²) < 4.78 is 5.43. The monoisotopic (exact) mass is 313 g/mol. The summed E-state index contributed by atoms with van der Waals surface area (Å²) in [5, 5.41) is 11.9. The van der Waals surface area contributed by atoms with Gasteiger partial charge in [-0.05, 0) is 43.0 Å². The van der Waals surface area contributed by atoms with Crippen molar-refractivity contribution < 1.29 is 19.1 Å². The highest BCUT2D eigenvalue weighted by molar-refractivity contribution is 5.87. The van der Waals surface area contributed by atoms with E-state index in [1.54, 1.807) is 30.5 Å². The normalized spacial score (nSPS) is 16.6. The Morgan fingerprint density at radius 2 is 2.00 bits per heavy atom. The molecule has 1 aliphatic rings. The lowest BCUT2D eigenvalue weighted by atomic mass is 9.93. The molecule has 1 amide bonds. The van der Waals surface area contributed by atoms with Gasteiger partial charge in [0.2, 0.25) is 5.91 Å². The molecule has 0 radical (unpaired) electrons. The van der Waals surface area contributed by atoms with Crippen LogP contribution < -0.4 is 5.32 Å². The number of carbonyl (C=O) groups is 2. The van der Waals surface area contributed by atoms with E-state index in [0.29, 0.717) is 12.8 Å². The molecule has 2 N–H and O–H groups in total. The number of nitrogens with one attached hydrogen (secondary N) is 1. The van der Waals surface area contributed by atoms with Gasteiger partial charge in [-0.3, -0.25) is 4.79 Å². The summed E-state index contributed by atoms with van der Waals surface area (Å²) in [7, 11) is 0. The summed E-state index contributed by atoms with van der Waals surface area (Å²) in [5.41, 5.74) is 2.31. The van der Waals surface area contributed by atoms with Crippen molar-refractivity contribution in [3.8, 4) is 0 Å².